The number of amides is 1. The number of carbonyl (C=O) groups excluding carboxylic acids is 1. The second kappa shape index (κ2) is 8.07. The molecular formula is C17H12N4O5. The van der Waals surface area contributed by atoms with Gasteiger partial charge in [-0.1, -0.05) is 18.2 Å². The Bertz CT molecular complexity index is 946. The summed E-state index contributed by atoms with van der Waals surface area (Å²) in [5.41, 5.74) is -0.268. The predicted octanol–water partition coefficient (Wildman–Crippen LogP) is 2.75. The van der Waals surface area contributed by atoms with Crippen molar-refractivity contribution in [3.05, 3.63) is 76.0 Å². The van der Waals surface area contributed by atoms with Crippen LogP contribution in [0.2, 0.25) is 0 Å². The number of hydrogen-bond acceptors (Lipinski definition) is 6. The van der Waals surface area contributed by atoms with E-state index in [-0.39, 0.29) is 28.2 Å². The van der Waals surface area contributed by atoms with Crippen LogP contribution in [0.5, 0.6) is 0 Å². The molecule has 2 aromatic carbocycles. The quantitative estimate of drug-likeness (QED) is 0.313. The molecule has 0 unspecified atom stereocenters. The topological polar surface area (TPSA) is 145 Å². The molecule has 0 heterocycles. The molecule has 2 aromatic rings. The van der Waals surface area contributed by atoms with Gasteiger partial charge in [-0.25, -0.2) is 4.79 Å². The monoisotopic (exact) mass is 352 g/mol. The number of anilines is 2. The Hall–Kier alpha value is -4.19. The number of rotatable bonds is 6. The number of nitro groups is 1. The Balaban J connectivity index is 2.18. The lowest BCUT2D eigenvalue weighted by Crippen LogP contribution is -2.15. The number of nitriles is 1. The summed E-state index contributed by atoms with van der Waals surface area (Å²) in [7, 11) is 0. The molecule has 0 aliphatic carbocycles. The molecule has 3 N–H and O–H groups in total. The van der Waals surface area contributed by atoms with Crippen LogP contribution >= 0.6 is 0 Å². The molecule has 1 amide bonds. The fourth-order valence-electron chi connectivity index (χ4n) is 1.98. The maximum Gasteiger partial charge on any atom is 0.335 e. The Morgan fingerprint density at radius 3 is 2.58 bits per heavy atom. The highest BCUT2D eigenvalue weighted by Gasteiger charge is 2.14. The van der Waals surface area contributed by atoms with Crippen LogP contribution in [0.25, 0.3) is 0 Å². The SMILES string of the molecule is N#C/C(=C/Nc1ccccc1[N+](=O)[O-])C(=O)Nc1cccc(C(=O)O)c1. The third kappa shape index (κ3) is 4.42. The van der Waals surface area contributed by atoms with Crippen LogP contribution in [0.4, 0.5) is 17.1 Å². The Morgan fingerprint density at radius 1 is 1.19 bits per heavy atom. The summed E-state index contributed by atoms with van der Waals surface area (Å²) in [6.07, 6.45) is 1.04. The van der Waals surface area contributed by atoms with Gasteiger partial charge in [0.15, 0.2) is 0 Å². The van der Waals surface area contributed by atoms with Gasteiger partial charge in [0.25, 0.3) is 11.6 Å². The van der Waals surface area contributed by atoms with Crippen molar-refractivity contribution in [2.45, 2.75) is 0 Å². The van der Waals surface area contributed by atoms with Crippen molar-refractivity contribution in [1.82, 2.24) is 0 Å². The first kappa shape index (κ1) is 18.2. The fraction of sp³-hybridized carbons (Fsp3) is 0. The van der Waals surface area contributed by atoms with Crippen molar-refractivity contribution in [2.75, 3.05) is 10.6 Å². The van der Waals surface area contributed by atoms with E-state index in [2.05, 4.69) is 10.6 Å². The molecular weight excluding hydrogens is 340 g/mol. The molecule has 0 aliphatic rings. The first-order valence-corrected chi connectivity index (χ1v) is 7.17. The molecule has 9 nitrogen and oxygen atoms in total. The fourth-order valence-corrected chi connectivity index (χ4v) is 1.98. The zero-order valence-corrected chi connectivity index (χ0v) is 13.2. The molecule has 130 valence electrons. The number of para-hydroxylation sites is 2. The van der Waals surface area contributed by atoms with Gasteiger partial charge in [-0.15, -0.1) is 0 Å². The van der Waals surface area contributed by atoms with E-state index in [0.717, 1.165) is 6.20 Å². The molecule has 0 spiro atoms. The second-order valence-electron chi connectivity index (χ2n) is 4.93. The third-order valence-electron chi connectivity index (χ3n) is 3.21. The van der Waals surface area contributed by atoms with E-state index in [9.17, 15) is 19.7 Å². The number of nitro benzene ring substituents is 1. The van der Waals surface area contributed by atoms with Crippen LogP contribution in [-0.4, -0.2) is 21.9 Å². The van der Waals surface area contributed by atoms with Crippen molar-refractivity contribution in [1.29, 1.82) is 5.26 Å². The molecule has 2 rings (SSSR count). The molecule has 0 radical (unpaired) electrons. The molecule has 0 saturated heterocycles. The Morgan fingerprint density at radius 2 is 1.92 bits per heavy atom. The molecule has 0 fully saturated rings. The van der Waals surface area contributed by atoms with Gasteiger partial charge in [-0.3, -0.25) is 14.9 Å². The first-order chi connectivity index (χ1) is 12.4. The van der Waals surface area contributed by atoms with Crippen molar-refractivity contribution in [3.63, 3.8) is 0 Å². The summed E-state index contributed by atoms with van der Waals surface area (Å²) in [5, 5.41) is 34.0. The number of hydrogen-bond donors (Lipinski definition) is 3. The first-order valence-electron chi connectivity index (χ1n) is 7.17. The zero-order chi connectivity index (χ0) is 19.1. The van der Waals surface area contributed by atoms with Gasteiger partial charge in [-0.2, -0.15) is 5.26 Å². The summed E-state index contributed by atoms with van der Waals surface area (Å²) in [6, 6.07) is 12.9. The summed E-state index contributed by atoms with van der Waals surface area (Å²) in [4.78, 5) is 33.4. The minimum atomic E-state index is -1.16. The highest BCUT2D eigenvalue weighted by molar-refractivity contribution is 6.07. The van der Waals surface area contributed by atoms with E-state index in [1.54, 1.807) is 12.1 Å². The highest BCUT2D eigenvalue weighted by atomic mass is 16.6. The highest BCUT2D eigenvalue weighted by Crippen LogP contribution is 2.23. The van der Waals surface area contributed by atoms with Gasteiger partial charge in [0.05, 0.1) is 10.5 Å². The van der Waals surface area contributed by atoms with Crippen molar-refractivity contribution >= 4 is 28.9 Å². The standard InChI is InChI=1S/C17H12N4O5/c18-9-12(10-19-14-6-1-2-7-15(14)21(25)26)16(22)20-13-5-3-4-11(8-13)17(23)24/h1-8,10,19H,(H,20,22)(H,23,24)/b12-10-. The van der Waals surface area contributed by atoms with E-state index in [1.165, 1.54) is 42.5 Å². The summed E-state index contributed by atoms with van der Waals surface area (Å²) in [5.74, 6) is -1.95. The summed E-state index contributed by atoms with van der Waals surface area (Å²) < 4.78 is 0. The number of carboxylic acid groups (broad SMARTS) is 1. The number of carbonyl (C=O) groups is 2. The summed E-state index contributed by atoms with van der Waals surface area (Å²) >= 11 is 0. The molecule has 0 bridgehead atoms. The van der Waals surface area contributed by atoms with Crippen molar-refractivity contribution in [3.8, 4) is 6.07 Å². The normalized spacial score (nSPS) is 10.5. The Kier molecular flexibility index (Phi) is 5.63. The average molecular weight is 352 g/mol. The number of carboxylic acids is 1. The zero-order valence-electron chi connectivity index (χ0n) is 13.2. The van der Waals surface area contributed by atoms with E-state index < -0.39 is 16.8 Å². The predicted molar refractivity (Wildman–Crippen MR) is 92.4 cm³/mol. The number of benzene rings is 2. The maximum absolute atomic E-state index is 12.1. The van der Waals surface area contributed by atoms with Gasteiger partial charge < -0.3 is 15.7 Å². The van der Waals surface area contributed by atoms with Gasteiger partial charge >= 0.3 is 5.97 Å². The van der Waals surface area contributed by atoms with Crippen LogP contribution in [0, 0.1) is 21.4 Å². The van der Waals surface area contributed by atoms with Gasteiger partial charge in [0.1, 0.15) is 17.3 Å². The smallest absolute Gasteiger partial charge is 0.335 e. The molecule has 0 atom stereocenters. The van der Waals surface area contributed by atoms with Crippen LogP contribution in [-0.2, 0) is 4.79 Å². The van der Waals surface area contributed by atoms with E-state index in [4.69, 9.17) is 10.4 Å². The number of aromatic carboxylic acids is 1. The lowest BCUT2D eigenvalue weighted by molar-refractivity contribution is -0.383. The van der Waals surface area contributed by atoms with Crippen LogP contribution in [0.3, 0.4) is 0 Å². The number of nitrogens with zero attached hydrogens (tertiary/aromatic N) is 2. The molecule has 0 aromatic heterocycles. The van der Waals surface area contributed by atoms with Crippen molar-refractivity contribution < 1.29 is 19.6 Å². The van der Waals surface area contributed by atoms with E-state index >= 15 is 0 Å². The minimum Gasteiger partial charge on any atom is -0.478 e. The van der Waals surface area contributed by atoms with Crippen molar-refractivity contribution in [2.24, 2.45) is 0 Å². The average Bonchev–Trinajstić information content (AvgIpc) is 2.62. The van der Waals surface area contributed by atoms with E-state index in [1.807, 2.05) is 0 Å². The minimum absolute atomic E-state index is 0.0247. The van der Waals surface area contributed by atoms with Crippen LogP contribution < -0.4 is 10.6 Å². The third-order valence-corrected chi connectivity index (χ3v) is 3.21. The van der Waals surface area contributed by atoms with Crippen LogP contribution in [0.15, 0.2) is 60.3 Å². The van der Waals surface area contributed by atoms with E-state index in [0.29, 0.717) is 0 Å². The summed E-state index contributed by atoms with van der Waals surface area (Å²) in [6.45, 7) is 0. The molecule has 0 saturated carbocycles. The van der Waals surface area contributed by atoms with Crippen LogP contribution in [0.1, 0.15) is 10.4 Å². The van der Waals surface area contributed by atoms with Gasteiger partial charge in [-0.05, 0) is 24.3 Å². The molecule has 0 aliphatic heterocycles. The largest absolute Gasteiger partial charge is 0.478 e. The lowest BCUT2D eigenvalue weighted by Gasteiger charge is -2.06. The van der Waals surface area contributed by atoms with Gasteiger partial charge in [0.2, 0.25) is 0 Å². The number of nitrogens with one attached hydrogen (secondary N) is 2. The lowest BCUT2D eigenvalue weighted by atomic mass is 10.2. The Labute approximate surface area is 147 Å². The molecule has 26 heavy (non-hydrogen) atoms. The maximum atomic E-state index is 12.1. The second-order valence-corrected chi connectivity index (χ2v) is 4.93. The van der Waals surface area contributed by atoms with Gasteiger partial charge in [0, 0.05) is 18.0 Å². The molecule has 9 heteroatoms.